The summed E-state index contributed by atoms with van der Waals surface area (Å²) >= 11 is 1.26. The number of ether oxygens (including phenoxy) is 1. The van der Waals surface area contributed by atoms with Gasteiger partial charge in [0.2, 0.25) is 10.0 Å². The van der Waals surface area contributed by atoms with Crippen LogP contribution in [-0.2, 0) is 10.0 Å². The van der Waals surface area contributed by atoms with E-state index < -0.39 is 10.0 Å². The lowest BCUT2D eigenvalue weighted by atomic mass is 10.3. The first kappa shape index (κ1) is 13.8. The van der Waals surface area contributed by atoms with E-state index in [4.69, 9.17) is 4.74 Å². The lowest BCUT2D eigenvalue weighted by molar-refractivity contribution is 0.341. The fourth-order valence-corrected chi connectivity index (χ4v) is 3.19. The number of sulfonamides is 1. The Morgan fingerprint density at radius 2 is 2.05 bits per heavy atom. The maximum absolute atomic E-state index is 11.8. The number of aromatic nitrogens is 1. The minimum atomic E-state index is -3.42. The van der Waals surface area contributed by atoms with Crippen molar-refractivity contribution in [2.24, 2.45) is 0 Å². The maximum Gasteiger partial charge on any atom is 0.237 e. The molecule has 0 aliphatic rings. The van der Waals surface area contributed by atoms with Crippen LogP contribution < -0.4 is 9.46 Å². The Balaban J connectivity index is 1.84. The molecule has 0 aliphatic carbocycles. The zero-order valence-corrected chi connectivity index (χ0v) is 12.0. The molecule has 102 valence electrons. The Morgan fingerprint density at radius 3 is 2.68 bits per heavy atom. The number of nitrogens with one attached hydrogen (secondary N) is 1. The molecular weight excluding hydrogens is 284 g/mol. The topological polar surface area (TPSA) is 68.3 Å². The van der Waals surface area contributed by atoms with Gasteiger partial charge >= 0.3 is 0 Å². The van der Waals surface area contributed by atoms with E-state index in [9.17, 15) is 8.42 Å². The molecule has 0 aliphatic heterocycles. The Bertz CT molecular complexity index is 623. The van der Waals surface area contributed by atoms with Crippen LogP contribution in [0, 0.1) is 6.92 Å². The van der Waals surface area contributed by atoms with Gasteiger partial charge in [-0.05, 0) is 19.1 Å². The van der Waals surface area contributed by atoms with Crippen LogP contribution in [-0.4, -0.2) is 25.8 Å². The number of rotatable bonds is 6. The molecule has 5 nitrogen and oxygen atoms in total. The van der Waals surface area contributed by atoms with Gasteiger partial charge in [0, 0.05) is 5.38 Å². The molecule has 0 amide bonds. The SMILES string of the molecule is Cc1csc(NS(=O)(=O)CCOc2ccccc2)n1. The van der Waals surface area contributed by atoms with Crippen molar-refractivity contribution < 1.29 is 13.2 Å². The Morgan fingerprint density at radius 1 is 1.32 bits per heavy atom. The number of aryl methyl sites for hydroxylation is 1. The number of benzene rings is 1. The van der Waals surface area contributed by atoms with E-state index in [1.807, 2.05) is 25.1 Å². The predicted octanol–water partition coefficient (Wildman–Crippen LogP) is 2.27. The second kappa shape index (κ2) is 6.03. The van der Waals surface area contributed by atoms with Gasteiger partial charge in [-0.15, -0.1) is 11.3 Å². The molecular formula is C12H14N2O3S2. The van der Waals surface area contributed by atoms with Crippen LogP contribution in [0.4, 0.5) is 5.13 Å². The van der Waals surface area contributed by atoms with Crippen molar-refractivity contribution in [1.29, 1.82) is 0 Å². The van der Waals surface area contributed by atoms with Crippen molar-refractivity contribution in [3.05, 3.63) is 41.4 Å². The zero-order valence-electron chi connectivity index (χ0n) is 10.4. The van der Waals surface area contributed by atoms with Crippen LogP contribution >= 0.6 is 11.3 Å². The van der Waals surface area contributed by atoms with Gasteiger partial charge in [-0.2, -0.15) is 0 Å². The molecule has 7 heteroatoms. The van der Waals surface area contributed by atoms with Gasteiger partial charge in [0.25, 0.3) is 0 Å². The van der Waals surface area contributed by atoms with E-state index in [2.05, 4.69) is 9.71 Å². The van der Waals surface area contributed by atoms with Crippen molar-refractivity contribution in [3.63, 3.8) is 0 Å². The Kier molecular flexibility index (Phi) is 4.39. The summed E-state index contributed by atoms with van der Waals surface area (Å²) in [6.07, 6.45) is 0. The minimum absolute atomic E-state index is 0.101. The molecule has 0 saturated heterocycles. The molecule has 0 atom stereocenters. The number of hydrogen-bond acceptors (Lipinski definition) is 5. The molecule has 1 heterocycles. The second-order valence-corrected chi connectivity index (χ2v) is 6.58. The third kappa shape index (κ3) is 4.53. The van der Waals surface area contributed by atoms with Gasteiger partial charge in [0.1, 0.15) is 18.1 Å². The highest BCUT2D eigenvalue weighted by Gasteiger charge is 2.12. The first-order valence-electron chi connectivity index (χ1n) is 5.66. The summed E-state index contributed by atoms with van der Waals surface area (Å²) in [4.78, 5) is 4.05. The fourth-order valence-electron chi connectivity index (χ4n) is 1.37. The summed E-state index contributed by atoms with van der Waals surface area (Å²) in [6, 6.07) is 9.10. The van der Waals surface area contributed by atoms with Crippen molar-refractivity contribution >= 4 is 26.5 Å². The number of anilines is 1. The molecule has 0 unspecified atom stereocenters. The largest absolute Gasteiger partial charge is 0.492 e. The number of nitrogens with zero attached hydrogens (tertiary/aromatic N) is 1. The molecule has 0 saturated carbocycles. The van der Waals surface area contributed by atoms with Crippen molar-refractivity contribution in [3.8, 4) is 5.75 Å². The molecule has 1 aromatic carbocycles. The van der Waals surface area contributed by atoms with Gasteiger partial charge in [-0.3, -0.25) is 4.72 Å². The van der Waals surface area contributed by atoms with Crippen LogP contribution in [0.15, 0.2) is 35.7 Å². The summed E-state index contributed by atoms with van der Waals surface area (Å²) in [7, 11) is -3.42. The van der Waals surface area contributed by atoms with Gasteiger partial charge in [0.05, 0.1) is 5.69 Å². The lowest BCUT2D eigenvalue weighted by Crippen LogP contribution is -2.21. The molecule has 1 N–H and O–H groups in total. The molecule has 0 radical (unpaired) electrons. The van der Waals surface area contributed by atoms with Crippen molar-refractivity contribution in [2.75, 3.05) is 17.1 Å². The van der Waals surface area contributed by atoms with Crippen LogP contribution in [0.2, 0.25) is 0 Å². The van der Waals surface area contributed by atoms with E-state index in [1.54, 1.807) is 17.5 Å². The summed E-state index contributed by atoms with van der Waals surface area (Å²) < 4.78 is 31.3. The second-order valence-electron chi connectivity index (χ2n) is 3.88. The molecule has 2 aromatic rings. The number of thiazole rings is 1. The highest BCUT2D eigenvalue weighted by Crippen LogP contribution is 2.16. The van der Waals surface area contributed by atoms with Gasteiger partial charge < -0.3 is 4.74 Å². The maximum atomic E-state index is 11.8. The first-order chi connectivity index (χ1) is 9.05. The summed E-state index contributed by atoms with van der Waals surface area (Å²) in [5.41, 5.74) is 0.795. The summed E-state index contributed by atoms with van der Waals surface area (Å²) in [5, 5.41) is 2.18. The first-order valence-corrected chi connectivity index (χ1v) is 8.19. The van der Waals surface area contributed by atoms with Crippen LogP contribution in [0.3, 0.4) is 0 Å². The standard InChI is InChI=1S/C12H14N2O3S2/c1-10-9-18-12(13-10)14-19(15,16)8-7-17-11-5-3-2-4-6-11/h2-6,9H,7-8H2,1H3,(H,13,14). The van der Waals surface area contributed by atoms with Crippen LogP contribution in [0.5, 0.6) is 5.75 Å². The highest BCUT2D eigenvalue weighted by atomic mass is 32.2. The average Bonchev–Trinajstić information content (AvgIpc) is 2.75. The van der Waals surface area contributed by atoms with E-state index in [0.29, 0.717) is 10.9 Å². The Hall–Kier alpha value is -1.60. The van der Waals surface area contributed by atoms with Gasteiger partial charge in [0.15, 0.2) is 5.13 Å². The van der Waals surface area contributed by atoms with Gasteiger partial charge in [-0.25, -0.2) is 13.4 Å². The molecule has 0 spiro atoms. The quantitative estimate of drug-likeness (QED) is 0.888. The van der Waals surface area contributed by atoms with Crippen molar-refractivity contribution in [1.82, 2.24) is 4.98 Å². The fraction of sp³-hybridized carbons (Fsp3) is 0.250. The third-order valence-corrected chi connectivity index (χ3v) is 4.44. The van der Waals surface area contributed by atoms with Gasteiger partial charge in [-0.1, -0.05) is 18.2 Å². The predicted molar refractivity (Wildman–Crippen MR) is 76.2 cm³/mol. The van der Waals surface area contributed by atoms with E-state index in [0.717, 1.165) is 5.69 Å². The lowest BCUT2D eigenvalue weighted by Gasteiger charge is -2.07. The molecule has 1 aromatic heterocycles. The van der Waals surface area contributed by atoms with Crippen LogP contribution in [0.1, 0.15) is 5.69 Å². The minimum Gasteiger partial charge on any atom is -0.492 e. The van der Waals surface area contributed by atoms with E-state index in [-0.39, 0.29) is 12.4 Å². The van der Waals surface area contributed by atoms with E-state index >= 15 is 0 Å². The number of para-hydroxylation sites is 1. The van der Waals surface area contributed by atoms with Crippen LogP contribution in [0.25, 0.3) is 0 Å². The molecule has 19 heavy (non-hydrogen) atoms. The summed E-state index contributed by atoms with van der Waals surface area (Å²) in [5.74, 6) is 0.545. The molecule has 2 rings (SSSR count). The summed E-state index contributed by atoms with van der Waals surface area (Å²) in [6.45, 7) is 1.91. The highest BCUT2D eigenvalue weighted by molar-refractivity contribution is 7.92. The van der Waals surface area contributed by atoms with Crippen molar-refractivity contribution in [2.45, 2.75) is 6.92 Å². The molecule has 0 fully saturated rings. The normalized spacial score (nSPS) is 11.2. The smallest absolute Gasteiger partial charge is 0.237 e. The number of hydrogen-bond donors (Lipinski definition) is 1. The molecule has 0 bridgehead atoms. The Labute approximate surface area is 116 Å². The monoisotopic (exact) mass is 298 g/mol. The van der Waals surface area contributed by atoms with E-state index in [1.165, 1.54) is 11.3 Å². The zero-order chi connectivity index (χ0) is 13.7. The average molecular weight is 298 g/mol. The third-order valence-electron chi connectivity index (χ3n) is 2.23.